The summed E-state index contributed by atoms with van der Waals surface area (Å²) < 4.78 is 13.7. The van der Waals surface area contributed by atoms with Gasteiger partial charge in [0.1, 0.15) is 5.82 Å². The van der Waals surface area contributed by atoms with Gasteiger partial charge in [-0.05, 0) is 61.9 Å². The van der Waals surface area contributed by atoms with E-state index in [0.29, 0.717) is 13.2 Å². The maximum absolute atomic E-state index is 12.5. The Morgan fingerprint density at radius 2 is 1.94 bits per heavy atom. The highest BCUT2D eigenvalue weighted by atomic mass is 16.5. The monoisotopic (exact) mass is 463 g/mol. The van der Waals surface area contributed by atoms with Crippen LogP contribution in [0.1, 0.15) is 50.9 Å². The summed E-state index contributed by atoms with van der Waals surface area (Å²) in [7, 11) is 1.66. The summed E-state index contributed by atoms with van der Waals surface area (Å²) in [5.41, 5.74) is 3.19. The number of methoxy groups -OCH3 is 1. The summed E-state index contributed by atoms with van der Waals surface area (Å²) in [5, 5.41) is 3.08. The summed E-state index contributed by atoms with van der Waals surface area (Å²) in [6, 6.07) is 14.1. The Bertz CT molecular complexity index is 1090. The molecule has 6 heteroatoms. The van der Waals surface area contributed by atoms with E-state index in [9.17, 15) is 4.79 Å². The van der Waals surface area contributed by atoms with Crippen molar-refractivity contribution in [3.63, 3.8) is 0 Å². The van der Waals surface area contributed by atoms with Gasteiger partial charge in [0.05, 0.1) is 31.3 Å². The lowest BCUT2D eigenvalue weighted by molar-refractivity contribution is -0.125. The number of hydrogen-bond acceptors (Lipinski definition) is 4. The van der Waals surface area contributed by atoms with Crippen molar-refractivity contribution in [2.45, 2.75) is 59.0 Å². The second kappa shape index (κ2) is 12.8. The molecule has 0 radical (unpaired) electrons. The molecule has 0 bridgehead atoms. The van der Waals surface area contributed by atoms with Crippen LogP contribution in [0.3, 0.4) is 0 Å². The topological polar surface area (TPSA) is 65.4 Å². The zero-order valence-corrected chi connectivity index (χ0v) is 20.7. The third kappa shape index (κ3) is 6.40. The number of nitrogens with zero attached hydrogens (tertiary/aromatic N) is 2. The minimum atomic E-state index is 0.0535. The Hall–Kier alpha value is -3.28. The van der Waals surface area contributed by atoms with Gasteiger partial charge < -0.3 is 19.4 Å². The van der Waals surface area contributed by atoms with Crippen molar-refractivity contribution in [1.29, 1.82) is 0 Å². The largest absolute Gasteiger partial charge is 0.493 e. The van der Waals surface area contributed by atoms with Gasteiger partial charge in [-0.15, -0.1) is 6.58 Å². The normalized spacial score (nSPS) is 11.1. The number of amides is 1. The Balaban J connectivity index is 1.59. The molecule has 0 saturated carbocycles. The highest BCUT2D eigenvalue weighted by molar-refractivity contribution is 5.79. The van der Waals surface area contributed by atoms with Crippen LogP contribution in [0.4, 0.5) is 0 Å². The fraction of sp³-hybridized carbons (Fsp3) is 0.429. The van der Waals surface area contributed by atoms with Gasteiger partial charge in [-0.2, -0.15) is 0 Å². The van der Waals surface area contributed by atoms with Gasteiger partial charge in [-0.3, -0.25) is 4.79 Å². The SMILES string of the molecule is C=CCc1ccc(OCCCCn2c(CNC(=O)C(CC)CC)nc3ccccc32)c(OC)c1. The first-order valence-corrected chi connectivity index (χ1v) is 12.2. The number of imidazole rings is 1. The van der Waals surface area contributed by atoms with Gasteiger partial charge in [0, 0.05) is 12.5 Å². The number of carbonyl (C=O) groups excluding carboxylic acids is 1. The van der Waals surface area contributed by atoms with E-state index in [4.69, 9.17) is 14.5 Å². The molecule has 2 aromatic carbocycles. The van der Waals surface area contributed by atoms with Crippen LogP contribution in [0.2, 0.25) is 0 Å². The molecule has 0 saturated heterocycles. The minimum Gasteiger partial charge on any atom is -0.493 e. The third-order valence-electron chi connectivity index (χ3n) is 6.15. The van der Waals surface area contributed by atoms with Crippen LogP contribution < -0.4 is 14.8 Å². The molecule has 34 heavy (non-hydrogen) atoms. The van der Waals surface area contributed by atoms with Crippen molar-refractivity contribution >= 4 is 16.9 Å². The maximum Gasteiger partial charge on any atom is 0.223 e. The van der Waals surface area contributed by atoms with Crippen molar-refractivity contribution in [3.8, 4) is 11.5 Å². The molecule has 3 rings (SSSR count). The van der Waals surface area contributed by atoms with Crippen molar-refractivity contribution < 1.29 is 14.3 Å². The molecule has 1 amide bonds. The summed E-state index contributed by atoms with van der Waals surface area (Å²) in [6.07, 6.45) is 6.20. The Kier molecular flexibility index (Phi) is 9.56. The Labute approximate surface area is 203 Å². The van der Waals surface area contributed by atoms with E-state index in [-0.39, 0.29) is 11.8 Å². The van der Waals surface area contributed by atoms with Gasteiger partial charge >= 0.3 is 0 Å². The van der Waals surface area contributed by atoms with Gasteiger partial charge in [0.25, 0.3) is 0 Å². The number of aryl methyl sites for hydroxylation is 1. The average molecular weight is 464 g/mol. The van der Waals surface area contributed by atoms with Crippen molar-refractivity contribution in [1.82, 2.24) is 14.9 Å². The molecule has 0 unspecified atom stereocenters. The second-order valence-corrected chi connectivity index (χ2v) is 8.43. The van der Waals surface area contributed by atoms with Gasteiger partial charge in [0.2, 0.25) is 5.91 Å². The first-order chi connectivity index (χ1) is 16.6. The molecule has 0 atom stereocenters. The fourth-order valence-electron chi connectivity index (χ4n) is 4.16. The van der Waals surface area contributed by atoms with Crippen LogP contribution in [0.5, 0.6) is 11.5 Å². The number of allylic oxidation sites excluding steroid dienone is 1. The lowest BCUT2D eigenvalue weighted by Crippen LogP contribution is -2.30. The number of carbonyl (C=O) groups is 1. The zero-order valence-electron chi connectivity index (χ0n) is 20.7. The number of ether oxygens (including phenoxy) is 2. The van der Waals surface area contributed by atoms with Crippen LogP contribution in [0.15, 0.2) is 55.1 Å². The van der Waals surface area contributed by atoms with Crippen LogP contribution in [0.25, 0.3) is 11.0 Å². The summed E-state index contributed by atoms with van der Waals surface area (Å²) in [6.45, 7) is 9.75. The smallest absolute Gasteiger partial charge is 0.223 e. The van der Waals surface area contributed by atoms with Crippen molar-refractivity contribution in [2.24, 2.45) is 5.92 Å². The van der Waals surface area contributed by atoms with E-state index in [0.717, 1.165) is 72.6 Å². The van der Waals surface area contributed by atoms with Crippen molar-refractivity contribution in [2.75, 3.05) is 13.7 Å². The summed E-state index contributed by atoms with van der Waals surface area (Å²) in [4.78, 5) is 17.3. The number of rotatable bonds is 14. The number of aromatic nitrogens is 2. The maximum atomic E-state index is 12.5. The second-order valence-electron chi connectivity index (χ2n) is 8.43. The quantitative estimate of drug-likeness (QED) is 0.247. The standard InChI is InChI=1S/C28H37N3O3/c1-5-12-21-15-16-25(26(19-21)33-4)34-18-11-10-17-31-24-14-9-8-13-23(24)30-27(31)20-29-28(32)22(6-2)7-3/h5,8-9,13-16,19,22H,1,6-7,10-12,17-18,20H2,2-4H3,(H,29,32). The molecular weight excluding hydrogens is 426 g/mol. The first-order valence-electron chi connectivity index (χ1n) is 12.2. The van der Waals surface area contributed by atoms with Gasteiger partial charge in [0.15, 0.2) is 11.5 Å². The fourth-order valence-corrected chi connectivity index (χ4v) is 4.16. The van der Waals surface area contributed by atoms with Crippen LogP contribution >= 0.6 is 0 Å². The number of nitrogens with one attached hydrogen (secondary N) is 1. The number of fused-ring (bicyclic) bond motifs is 1. The van der Waals surface area contributed by atoms with Crippen LogP contribution in [-0.2, 0) is 24.3 Å². The molecule has 0 aliphatic carbocycles. The highest BCUT2D eigenvalue weighted by Gasteiger charge is 2.16. The molecule has 182 valence electrons. The predicted molar refractivity (Wildman–Crippen MR) is 137 cm³/mol. The number of benzene rings is 2. The van der Waals surface area contributed by atoms with Crippen LogP contribution in [0, 0.1) is 5.92 Å². The van der Waals surface area contributed by atoms with Gasteiger partial charge in [-0.1, -0.05) is 38.1 Å². The van der Waals surface area contributed by atoms with E-state index in [2.05, 4.69) is 36.4 Å². The van der Waals surface area contributed by atoms with E-state index in [1.54, 1.807) is 7.11 Å². The third-order valence-corrected chi connectivity index (χ3v) is 6.15. The van der Waals surface area contributed by atoms with E-state index >= 15 is 0 Å². The predicted octanol–water partition coefficient (Wildman–Crippen LogP) is 5.69. The molecule has 1 N–H and O–H groups in total. The zero-order chi connectivity index (χ0) is 24.3. The molecule has 6 nitrogen and oxygen atoms in total. The molecule has 1 heterocycles. The number of para-hydroxylation sites is 2. The van der Waals surface area contributed by atoms with Gasteiger partial charge in [-0.25, -0.2) is 4.98 Å². The summed E-state index contributed by atoms with van der Waals surface area (Å²) >= 11 is 0. The Morgan fingerprint density at radius 3 is 2.68 bits per heavy atom. The molecule has 0 spiro atoms. The van der Waals surface area contributed by atoms with E-state index in [1.165, 1.54) is 0 Å². The lowest BCUT2D eigenvalue weighted by Gasteiger charge is -2.14. The first kappa shape index (κ1) is 25.3. The molecule has 1 aromatic heterocycles. The minimum absolute atomic E-state index is 0.0535. The molecule has 0 fully saturated rings. The van der Waals surface area contributed by atoms with E-state index in [1.807, 2.05) is 42.5 Å². The number of unbranched alkanes of at least 4 members (excludes halogenated alkanes) is 1. The molecule has 0 aliphatic rings. The highest BCUT2D eigenvalue weighted by Crippen LogP contribution is 2.28. The molecule has 3 aromatic rings. The van der Waals surface area contributed by atoms with Crippen LogP contribution in [-0.4, -0.2) is 29.2 Å². The Morgan fingerprint density at radius 1 is 1.15 bits per heavy atom. The number of hydrogen-bond donors (Lipinski definition) is 1. The molecular formula is C28H37N3O3. The lowest BCUT2D eigenvalue weighted by atomic mass is 10.0. The summed E-state index contributed by atoms with van der Waals surface area (Å²) in [5.74, 6) is 2.55. The van der Waals surface area contributed by atoms with Crippen molar-refractivity contribution in [3.05, 3.63) is 66.5 Å². The molecule has 0 aliphatic heterocycles. The average Bonchev–Trinajstić information content (AvgIpc) is 3.21. The van der Waals surface area contributed by atoms with E-state index < -0.39 is 0 Å².